The van der Waals surface area contributed by atoms with Crippen LogP contribution in [0.5, 0.6) is 0 Å². The molecule has 0 bridgehead atoms. The Morgan fingerprint density at radius 2 is 2.33 bits per heavy atom. The van der Waals surface area contributed by atoms with Gasteiger partial charge in [-0.1, -0.05) is 6.92 Å². The third-order valence-corrected chi connectivity index (χ3v) is 4.14. The van der Waals surface area contributed by atoms with E-state index in [1.165, 1.54) is 15.8 Å². The molecule has 0 aliphatic carbocycles. The van der Waals surface area contributed by atoms with E-state index in [1.807, 2.05) is 11.3 Å². The first kappa shape index (κ1) is 13.2. The summed E-state index contributed by atoms with van der Waals surface area (Å²) in [5.74, 6) is 0.633. The van der Waals surface area contributed by atoms with Gasteiger partial charge in [0, 0.05) is 14.7 Å². The fourth-order valence-corrected chi connectivity index (χ4v) is 2.74. The van der Waals surface area contributed by atoms with E-state index in [0.717, 1.165) is 26.1 Å². The normalized spacial score (nSPS) is 13.0. The molecule has 0 aliphatic rings. The summed E-state index contributed by atoms with van der Waals surface area (Å²) in [7, 11) is 0. The molecule has 1 heterocycles. The molecule has 1 aromatic rings. The Morgan fingerprint density at radius 1 is 1.53 bits per heavy atom. The van der Waals surface area contributed by atoms with Crippen molar-refractivity contribution in [2.45, 2.75) is 19.8 Å². The highest BCUT2D eigenvalue weighted by Gasteiger charge is 1.99. The molecule has 0 spiro atoms. The van der Waals surface area contributed by atoms with Crippen molar-refractivity contribution < 1.29 is 0 Å². The smallest absolute Gasteiger partial charge is 0.0285 e. The second-order valence-electron chi connectivity index (χ2n) is 3.86. The highest BCUT2D eigenvalue weighted by atomic mass is 79.9. The Labute approximate surface area is 104 Å². The maximum absolute atomic E-state index is 5.55. The SMILES string of the molecule is CC(CN)CCNCCc1cc(Br)cs1. The van der Waals surface area contributed by atoms with E-state index in [-0.39, 0.29) is 0 Å². The molecule has 1 rings (SSSR count). The summed E-state index contributed by atoms with van der Waals surface area (Å²) in [6.45, 7) is 5.12. The minimum absolute atomic E-state index is 0.633. The van der Waals surface area contributed by atoms with Crippen molar-refractivity contribution in [2.75, 3.05) is 19.6 Å². The Morgan fingerprint density at radius 3 is 2.93 bits per heavy atom. The molecule has 3 N–H and O–H groups in total. The molecule has 1 unspecified atom stereocenters. The molecule has 86 valence electrons. The number of thiophene rings is 1. The first-order valence-electron chi connectivity index (χ1n) is 5.36. The molecule has 1 aromatic heterocycles. The monoisotopic (exact) mass is 290 g/mol. The van der Waals surface area contributed by atoms with Crippen LogP contribution in [0.3, 0.4) is 0 Å². The predicted molar refractivity (Wildman–Crippen MR) is 71.4 cm³/mol. The van der Waals surface area contributed by atoms with Crippen LogP contribution in [0.2, 0.25) is 0 Å². The third kappa shape index (κ3) is 5.66. The number of hydrogen-bond donors (Lipinski definition) is 2. The molecule has 0 aromatic carbocycles. The quantitative estimate of drug-likeness (QED) is 0.758. The Balaban J connectivity index is 2.02. The lowest BCUT2D eigenvalue weighted by molar-refractivity contribution is 0.511. The van der Waals surface area contributed by atoms with Gasteiger partial charge in [0.15, 0.2) is 0 Å². The van der Waals surface area contributed by atoms with Gasteiger partial charge in [-0.15, -0.1) is 11.3 Å². The number of hydrogen-bond acceptors (Lipinski definition) is 3. The summed E-state index contributed by atoms with van der Waals surface area (Å²) >= 11 is 5.27. The van der Waals surface area contributed by atoms with E-state index in [1.54, 1.807) is 0 Å². The summed E-state index contributed by atoms with van der Waals surface area (Å²) in [5.41, 5.74) is 5.55. The molecule has 0 saturated heterocycles. The lowest BCUT2D eigenvalue weighted by Crippen LogP contribution is -2.22. The topological polar surface area (TPSA) is 38.0 Å². The number of halogens is 1. The van der Waals surface area contributed by atoms with Gasteiger partial charge in [0.05, 0.1) is 0 Å². The summed E-state index contributed by atoms with van der Waals surface area (Å²) in [4.78, 5) is 1.43. The molecular formula is C11H19BrN2S. The Bertz CT molecular complexity index is 275. The second kappa shape index (κ2) is 7.39. The zero-order valence-corrected chi connectivity index (χ0v) is 11.5. The number of nitrogens with one attached hydrogen (secondary N) is 1. The number of nitrogens with two attached hydrogens (primary N) is 1. The van der Waals surface area contributed by atoms with Crippen molar-refractivity contribution in [1.82, 2.24) is 5.32 Å². The highest BCUT2D eigenvalue weighted by molar-refractivity contribution is 9.10. The second-order valence-corrected chi connectivity index (χ2v) is 5.77. The molecule has 0 saturated carbocycles. The minimum Gasteiger partial charge on any atom is -0.330 e. The van der Waals surface area contributed by atoms with Gasteiger partial charge >= 0.3 is 0 Å². The maximum Gasteiger partial charge on any atom is 0.0285 e. The van der Waals surface area contributed by atoms with Crippen LogP contribution in [-0.2, 0) is 6.42 Å². The van der Waals surface area contributed by atoms with Crippen molar-refractivity contribution in [3.05, 3.63) is 20.8 Å². The van der Waals surface area contributed by atoms with Crippen LogP contribution in [0.25, 0.3) is 0 Å². The largest absolute Gasteiger partial charge is 0.330 e. The lowest BCUT2D eigenvalue weighted by atomic mass is 10.1. The van der Waals surface area contributed by atoms with E-state index in [2.05, 4.69) is 39.6 Å². The van der Waals surface area contributed by atoms with Gasteiger partial charge in [-0.05, 0) is 60.4 Å². The summed E-state index contributed by atoms with van der Waals surface area (Å²) in [5, 5.41) is 5.57. The summed E-state index contributed by atoms with van der Waals surface area (Å²) < 4.78 is 1.19. The fraction of sp³-hybridized carbons (Fsp3) is 0.636. The van der Waals surface area contributed by atoms with E-state index in [0.29, 0.717) is 5.92 Å². The zero-order valence-electron chi connectivity index (χ0n) is 9.13. The highest BCUT2D eigenvalue weighted by Crippen LogP contribution is 2.19. The van der Waals surface area contributed by atoms with Crippen molar-refractivity contribution in [1.29, 1.82) is 0 Å². The van der Waals surface area contributed by atoms with Crippen molar-refractivity contribution in [3.8, 4) is 0 Å². The molecular weight excluding hydrogens is 272 g/mol. The van der Waals surface area contributed by atoms with E-state index in [4.69, 9.17) is 5.73 Å². The van der Waals surface area contributed by atoms with E-state index < -0.39 is 0 Å². The molecule has 0 aliphatic heterocycles. The van der Waals surface area contributed by atoms with Crippen molar-refractivity contribution in [2.24, 2.45) is 11.7 Å². The first-order valence-corrected chi connectivity index (χ1v) is 7.03. The van der Waals surface area contributed by atoms with E-state index >= 15 is 0 Å². The van der Waals surface area contributed by atoms with Gasteiger partial charge in [-0.25, -0.2) is 0 Å². The summed E-state index contributed by atoms with van der Waals surface area (Å²) in [6, 6.07) is 2.19. The van der Waals surface area contributed by atoms with Crippen LogP contribution in [0.4, 0.5) is 0 Å². The zero-order chi connectivity index (χ0) is 11.1. The first-order chi connectivity index (χ1) is 7.22. The lowest BCUT2D eigenvalue weighted by Gasteiger charge is -2.08. The Hall–Kier alpha value is 0.1000. The van der Waals surface area contributed by atoms with Crippen LogP contribution in [0.1, 0.15) is 18.2 Å². The van der Waals surface area contributed by atoms with Crippen LogP contribution in [0, 0.1) is 5.92 Å². The average molecular weight is 291 g/mol. The predicted octanol–water partition coefficient (Wildman–Crippen LogP) is 2.63. The van der Waals surface area contributed by atoms with Gasteiger partial charge in [0.1, 0.15) is 0 Å². The van der Waals surface area contributed by atoms with Crippen molar-refractivity contribution in [3.63, 3.8) is 0 Å². The van der Waals surface area contributed by atoms with Crippen molar-refractivity contribution >= 4 is 27.3 Å². The molecule has 0 fully saturated rings. The Kier molecular flexibility index (Phi) is 6.48. The summed E-state index contributed by atoms with van der Waals surface area (Å²) in [6.07, 6.45) is 2.29. The van der Waals surface area contributed by atoms with E-state index in [9.17, 15) is 0 Å². The molecule has 15 heavy (non-hydrogen) atoms. The van der Waals surface area contributed by atoms with Crippen LogP contribution < -0.4 is 11.1 Å². The van der Waals surface area contributed by atoms with Crippen LogP contribution >= 0.6 is 27.3 Å². The molecule has 0 radical (unpaired) electrons. The van der Waals surface area contributed by atoms with Gasteiger partial charge in [0.25, 0.3) is 0 Å². The average Bonchev–Trinajstić information content (AvgIpc) is 2.63. The van der Waals surface area contributed by atoms with Crippen LogP contribution in [-0.4, -0.2) is 19.6 Å². The van der Waals surface area contributed by atoms with Gasteiger partial charge in [-0.2, -0.15) is 0 Å². The molecule has 2 nitrogen and oxygen atoms in total. The molecule has 1 atom stereocenters. The van der Waals surface area contributed by atoms with Gasteiger partial charge < -0.3 is 11.1 Å². The fourth-order valence-electron chi connectivity index (χ4n) is 1.29. The third-order valence-electron chi connectivity index (χ3n) is 2.39. The molecule has 0 amide bonds. The van der Waals surface area contributed by atoms with Gasteiger partial charge in [-0.3, -0.25) is 0 Å². The molecule has 4 heteroatoms. The van der Waals surface area contributed by atoms with Gasteiger partial charge in [0.2, 0.25) is 0 Å². The maximum atomic E-state index is 5.55. The van der Waals surface area contributed by atoms with Crippen LogP contribution in [0.15, 0.2) is 15.9 Å². The standard InChI is InChI=1S/C11H19BrN2S/c1-9(7-13)2-4-14-5-3-11-6-10(12)8-15-11/h6,8-9,14H,2-5,7,13H2,1H3. The number of rotatable bonds is 7. The minimum atomic E-state index is 0.633.